The quantitative estimate of drug-likeness (QED) is 0.871. The van der Waals surface area contributed by atoms with E-state index in [1.54, 1.807) is 18.2 Å². The molecule has 1 saturated carbocycles. The van der Waals surface area contributed by atoms with E-state index >= 15 is 0 Å². The Morgan fingerprint density at radius 2 is 1.95 bits per heavy atom. The minimum Gasteiger partial charge on any atom is -0.495 e. The second kappa shape index (κ2) is 6.77. The first-order chi connectivity index (χ1) is 9.96. The van der Waals surface area contributed by atoms with Crippen LogP contribution in [-0.4, -0.2) is 21.6 Å². The Bertz CT molecular complexity index is 579. The highest BCUT2D eigenvalue weighted by molar-refractivity contribution is 7.89. The molecule has 0 spiro atoms. The molecular formula is C15H24N2O3S. The molecule has 0 amide bonds. The van der Waals surface area contributed by atoms with Gasteiger partial charge in [-0.1, -0.05) is 13.0 Å². The van der Waals surface area contributed by atoms with Crippen molar-refractivity contribution in [1.29, 1.82) is 0 Å². The lowest BCUT2D eigenvalue weighted by atomic mass is 9.88. The number of benzene rings is 1. The number of hydrogen-bond acceptors (Lipinski definition) is 4. The molecule has 1 fully saturated rings. The van der Waals surface area contributed by atoms with Gasteiger partial charge in [0.25, 0.3) is 0 Å². The van der Waals surface area contributed by atoms with Crippen LogP contribution in [0.5, 0.6) is 5.75 Å². The average molecular weight is 312 g/mol. The number of nitrogens with one attached hydrogen (secondary N) is 1. The minimum atomic E-state index is -3.56. The van der Waals surface area contributed by atoms with Crippen molar-refractivity contribution in [2.45, 2.75) is 50.1 Å². The maximum atomic E-state index is 12.5. The van der Waals surface area contributed by atoms with Crippen molar-refractivity contribution < 1.29 is 13.2 Å². The van der Waals surface area contributed by atoms with E-state index in [1.165, 1.54) is 7.11 Å². The van der Waals surface area contributed by atoms with Gasteiger partial charge < -0.3 is 10.5 Å². The van der Waals surface area contributed by atoms with Crippen LogP contribution in [-0.2, 0) is 16.6 Å². The number of methoxy groups -OCH3 is 1. The average Bonchev–Trinajstić information content (AvgIpc) is 2.48. The highest BCUT2D eigenvalue weighted by atomic mass is 32.2. The summed E-state index contributed by atoms with van der Waals surface area (Å²) in [4.78, 5) is 0.181. The van der Waals surface area contributed by atoms with Gasteiger partial charge in [-0.2, -0.15) is 0 Å². The molecule has 0 bridgehead atoms. The summed E-state index contributed by atoms with van der Waals surface area (Å²) in [6, 6.07) is 4.98. The molecule has 6 heteroatoms. The van der Waals surface area contributed by atoms with Crippen LogP contribution in [0, 0.1) is 5.92 Å². The predicted molar refractivity (Wildman–Crippen MR) is 82.6 cm³/mol. The molecule has 0 saturated heterocycles. The molecule has 118 valence electrons. The first-order valence-electron chi connectivity index (χ1n) is 7.35. The maximum absolute atomic E-state index is 12.5. The summed E-state index contributed by atoms with van der Waals surface area (Å²) in [6.07, 6.45) is 3.92. The van der Waals surface area contributed by atoms with Crippen molar-refractivity contribution in [2.24, 2.45) is 11.7 Å². The molecule has 0 atom stereocenters. The summed E-state index contributed by atoms with van der Waals surface area (Å²) in [7, 11) is -2.09. The normalized spacial score (nSPS) is 23.0. The zero-order valence-electron chi connectivity index (χ0n) is 12.6. The summed E-state index contributed by atoms with van der Waals surface area (Å²) < 4.78 is 33.1. The number of nitrogens with two attached hydrogens (primary N) is 1. The Balaban J connectivity index is 2.19. The van der Waals surface area contributed by atoms with Crippen LogP contribution in [0.15, 0.2) is 23.1 Å². The lowest BCUT2D eigenvalue weighted by Gasteiger charge is -2.27. The Hall–Kier alpha value is -1.11. The van der Waals surface area contributed by atoms with Gasteiger partial charge in [0, 0.05) is 12.6 Å². The van der Waals surface area contributed by atoms with E-state index in [-0.39, 0.29) is 10.9 Å². The van der Waals surface area contributed by atoms with Crippen molar-refractivity contribution in [2.75, 3.05) is 7.11 Å². The highest BCUT2D eigenvalue weighted by Crippen LogP contribution is 2.28. The molecule has 5 nitrogen and oxygen atoms in total. The maximum Gasteiger partial charge on any atom is 0.244 e. The number of sulfonamides is 1. The van der Waals surface area contributed by atoms with Crippen molar-refractivity contribution in [3.05, 3.63) is 23.8 Å². The first kappa shape index (κ1) is 16.3. The Morgan fingerprint density at radius 3 is 2.52 bits per heavy atom. The zero-order chi connectivity index (χ0) is 15.5. The van der Waals surface area contributed by atoms with Gasteiger partial charge in [-0.25, -0.2) is 13.1 Å². The fraction of sp³-hybridized carbons (Fsp3) is 0.600. The zero-order valence-corrected chi connectivity index (χ0v) is 13.4. The van der Waals surface area contributed by atoms with Gasteiger partial charge in [-0.05, 0) is 49.3 Å². The Morgan fingerprint density at radius 1 is 1.29 bits per heavy atom. The smallest absolute Gasteiger partial charge is 0.244 e. The van der Waals surface area contributed by atoms with Crippen LogP contribution in [0.3, 0.4) is 0 Å². The van der Waals surface area contributed by atoms with E-state index < -0.39 is 10.0 Å². The van der Waals surface area contributed by atoms with Crippen LogP contribution in [0.25, 0.3) is 0 Å². The molecular weight excluding hydrogens is 288 g/mol. The first-order valence-corrected chi connectivity index (χ1v) is 8.84. The number of ether oxygens (including phenoxy) is 1. The lowest BCUT2D eigenvalue weighted by molar-refractivity contribution is 0.331. The van der Waals surface area contributed by atoms with E-state index in [0.717, 1.165) is 31.2 Å². The number of rotatable bonds is 5. The molecule has 1 aromatic carbocycles. The van der Waals surface area contributed by atoms with E-state index in [0.29, 0.717) is 18.2 Å². The fourth-order valence-corrected chi connectivity index (χ4v) is 4.18. The second-order valence-corrected chi connectivity index (χ2v) is 7.45. The van der Waals surface area contributed by atoms with Crippen LogP contribution in [0.4, 0.5) is 0 Å². The number of hydrogen-bond donors (Lipinski definition) is 2. The van der Waals surface area contributed by atoms with Crippen LogP contribution < -0.4 is 15.2 Å². The molecule has 21 heavy (non-hydrogen) atoms. The van der Waals surface area contributed by atoms with E-state index in [2.05, 4.69) is 11.6 Å². The van der Waals surface area contributed by atoms with E-state index in [1.807, 2.05) is 0 Å². The minimum absolute atomic E-state index is 0.0186. The largest absolute Gasteiger partial charge is 0.495 e. The molecule has 0 aliphatic heterocycles. The molecule has 0 aromatic heterocycles. The molecule has 0 radical (unpaired) electrons. The van der Waals surface area contributed by atoms with Gasteiger partial charge in [-0.15, -0.1) is 0 Å². The van der Waals surface area contributed by atoms with Crippen LogP contribution >= 0.6 is 0 Å². The van der Waals surface area contributed by atoms with Crippen LogP contribution in [0.1, 0.15) is 38.2 Å². The lowest BCUT2D eigenvalue weighted by Crippen LogP contribution is -2.37. The standard InChI is InChI=1S/C15H24N2O3S/c1-11-3-6-13(7-4-11)17-21(18,19)15-8-5-12(10-16)9-14(15)20-2/h5,8-9,11,13,17H,3-4,6-7,10,16H2,1-2H3. The van der Waals surface area contributed by atoms with E-state index in [4.69, 9.17) is 10.5 Å². The molecule has 1 aliphatic rings. The van der Waals surface area contributed by atoms with Gasteiger partial charge >= 0.3 is 0 Å². The van der Waals surface area contributed by atoms with Gasteiger partial charge in [0.2, 0.25) is 10.0 Å². The van der Waals surface area contributed by atoms with Gasteiger partial charge in [-0.3, -0.25) is 0 Å². The summed E-state index contributed by atoms with van der Waals surface area (Å²) in [6.45, 7) is 2.56. The van der Waals surface area contributed by atoms with Crippen molar-refractivity contribution in [1.82, 2.24) is 4.72 Å². The van der Waals surface area contributed by atoms with Gasteiger partial charge in [0.15, 0.2) is 0 Å². The third-order valence-corrected chi connectivity index (χ3v) is 5.65. The summed E-state index contributed by atoms with van der Waals surface area (Å²) in [5, 5.41) is 0. The summed E-state index contributed by atoms with van der Waals surface area (Å²) in [5.41, 5.74) is 6.42. The molecule has 1 aromatic rings. The SMILES string of the molecule is COc1cc(CN)ccc1S(=O)(=O)NC1CCC(C)CC1. The summed E-state index contributed by atoms with van der Waals surface area (Å²) >= 11 is 0. The Kier molecular flexibility index (Phi) is 5.24. The molecule has 0 heterocycles. The predicted octanol–water partition coefficient (Wildman–Crippen LogP) is 2.01. The summed E-state index contributed by atoms with van der Waals surface area (Å²) in [5.74, 6) is 1.03. The fourth-order valence-electron chi connectivity index (χ4n) is 2.72. The van der Waals surface area contributed by atoms with Gasteiger partial charge in [0.1, 0.15) is 10.6 Å². The highest BCUT2D eigenvalue weighted by Gasteiger charge is 2.26. The molecule has 2 rings (SSSR count). The van der Waals surface area contributed by atoms with Gasteiger partial charge in [0.05, 0.1) is 7.11 Å². The van der Waals surface area contributed by atoms with Crippen LogP contribution in [0.2, 0.25) is 0 Å². The molecule has 0 unspecified atom stereocenters. The molecule has 3 N–H and O–H groups in total. The van der Waals surface area contributed by atoms with Crippen molar-refractivity contribution >= 4 is 10.0 Å². The monoisotopic (exact) mass is 312 g/mol. The van der Waals surface area contributed by atoms with E-state index in [9.17, 15) is 8.42 Å². The van der Waals surface area contributed by atoms with Crippen molar-refractivity contribution in [3.63, 3.8) is 0 Å². The third-order valence-electron chi connectivity index (χ3n) is 4.09. The third kappa shape index (κ3) is 3.96. The van der Waals surface area contributed by atoms with Crippen molar-refractivity contribution in [3.8, 4) is 5.75 Å². The Labute approximate surface area is 126 Å². The topological polar surface area (TPSA) is 81.4 Å². The molecule has 1 aliphatic carbocycles. The second-order valence-electron chi connectivity index (χ2n) is 5.77.